The molecule has 0 radical (unpaired) electrons. The molecule has 0 aliphatic heterocycles. The third kappa shape index (κ3) is 5.58. The van der Waals surface area contributed by atoms with Gasteiger partial charge in [0.1, 0.15) is 0 Å². The van der Waals surface area contributed by atoms with Crippen molar-refractivity contribution in [1.29, 1.82) is 0 Å². The van der Waals surface area contributed by atoms with Crippen LogP contribution in [0.15, 0.2) is 47.9 Å². The highest BCUT2D eigenvalue weighted by Crippen LogP contribution is 2.16. The lowest BCUT2D eigenvalue weighted by Crippen LogP contribution is -2.14. The number of ether oxygens (including phenoxy) is 1. The smallest absolute Gasteiger partial charge is 0.330 e. The van der Waals surface area contributed by atoms with E-state index in [1.165, 1.54) is 17.8 Å². The van der Waals surface area contributed by atoms with E-state index in [1.807, 2.05) is 29.9 Å². The van der Waals surface area contributed by atoms with Crippen LogP contribution in [0.5, 0.6) is 0 Å². The number of benzene rings is 1. The van der Waals surface area contributed by atoms with Crippen LogP contribution in [0, 0.1) is 0 Å². The van der Waals surface area contributed by atoms with E-state index >= 15 is 0 Å². The van der Waals surface area contributed by atoms with Gasteiger partial charge >= 0.3 is 5.97 Å². The van der Waals surface area contributed by atoms with Crippen molar-refractivity contribution in [2.45, 2.75) is 12.1 Å². The molecule has 7 heteroatoms. The van der Waals surface area contributed by atoms with Crippen molar-refractivity contribution in [2.24, 2.45) is 7.05 Å². The van der Waals surface area contributed by atoms with E-state index in [4.69, 9.17) is 4.74 Å². The Morgan fingerprint density at radius 3 is 2.71 bits per heavy atom. The van der Waals surface area contributed by atoms with Gasteiger partial charge in [-0.1, -0.05) is 23.9 Å². The van der Waals surface area contributed by atoms with Gasteiger partial charge in [-0.15, -0.1) is 0 Å². The summed E-state index contributed by atoms with van der Waals surface area (Å²) in [6, 6.07) is 7.21. The fourth-order valence-electron chi connectivity index (χ4n) is 1.85. The Balaban J connectivity index is 1.83. The van der Waals surface area contributed by atoms with Gasteiger partial charge in [-0.25, -0.2) is 9.78 Å². The number of esters is 1. The molecule has 0 unspecified atom stereocenters. The summed E-state index contributed by atoms with van der Waals surface area (Å²) in [5, 5.41) is 3.62. The van der Waals surface area contributed by atoms with Crippen LogP contribution in [0.25, 0.3) is 6.08 Å². The average molecular weight is 345 g/mol. The SMILES string of the molecule is CCOC(=O)/C=C/c1ccc(NC(=O)CSc2nccn2C)cc1. The van der Waals surface area contributed by atoms with Gasteiger partial charge in [-0.2, -0.15) is 0 Å². The van der Waals surface area contributed by atoms with E-state index < -0.39 is 0 Å². The number of thioether (sulfide) groups is 1. The van der Waals surface area contributed by atoms with E-state index in [9.17, 15) is 9.59 Å². The summed E-state index contributed by atoms with van der Waals surface area (Å²) in [6.45, 7) is 2.11. The van der Waals surface area contributed by atoms with Crippen LogP contribution in [0.1, 0.15) is 12.5 Å². The molecule has 1 aromatic carbocycles. The molecule has 0 bridgehead atoms. The second kappa shape index (κ2) is 8.93. The summed E-state index contributed by atoms with van der Waals surface area (Å²) in [6.07, 6.45) is 6.58. The van der Waals surface area contributed by atoms with Crippen LogP contribution in [0.3, 0.4) is 0 Å². The molecule has 1 heterocycles. The van der Waals surface area contributed by atoms with E-state index in [1.54, 1.807) is 31.3 Å². The first-order chi connectivity index (χ1) is 11.6. The number of carbonyl (C=O) groups excluding carboxylic acids is 2. The van der Waals surface area contributed by atoms with Gasteiger partial charge in [0.05, 0.1) is 12.4 Å². The molecule has 0 saturated heterocycles. The molecular weight excluding hydrogens is 326 g/mol. The second-order valence-corrected chi connectivity index (χ2v) is 5.81. The average Bonchev–Trinajstić information content (AvgIpc) is 2.98. The third-order valence-corrected chi connectivity index (χ3v) is 4.06. The highest BCUT2D eigenvalue weighted by atomic mass is 32.2. The van der Waals surface area contributed by atoms with Gasteiger partial charge in [0.2, 0.25) is 5.91 Å². The maximum atomic E-state index is 11.9. The van der Waals surface area contributed by atoms with Crippen LogP contribution >= 0.6 is 11.8 Å². The van der Waals surface area contributed by atoms with E-state index in [-0.39, 0.29) is 17.6 Å². The van der Waals surface area contributed by atoms with Gasteiger partial charge in [0.25, 0.3) is 0 Å². The second-order valence-electron chi connectivity index (χ2n) is 4.86. The number of anilines is 1. The number of aryl methyl sites for hydroxylation is 1. The summed E-state index contributed by atoms with van der Waals surface area (Å²) in [5.74, 6) is -0.186. The number of hydrogen-bond donors (Lipinski definition) is 1. The maximum absolute atomic E-state index is 11.9. The van der Waals surface area contributed by atoms with Gasteiger partial charge in [-0.3, -0.25) is 4.79 Å². The molecule has 24 heavy (non-hydrogen) atoms. The number of imidazole rings is 1. The van der Waals surface area contributed by atoms with Gasteiger partial charge in [0.15, 0.2) is 5.16 Å². The first-order valence-electron chi connectivity index (χ1n) is 7.43. The van der Waals surface area contributed by atoms with Crippen LogP contribution < -0.4 is 5.32 Å². The quantitative estimate of drug-likeness (QED) is 0.474. The Hall–Kier alpha value is -2.54. The lowest BCUT2D eigenvalue weighted by atomic mass is 10.2. The Morgan fingerprint density at radius 2 is 2.08 bits per heavy atom. The van der Waals surface area contributed by atoms with Crippen molar-refractivity contribution in [3.63, 3.8) is 0 Å². The van der Waals surface area contributed by atoms with Crippen molar-refractivity contribution < 1.29 is 14.3 Å². The van der Waals surface area contributed by atoms with Crippen molar-refractivity contribution in [3.8, 4) is 0 Å². The zero-order chi connectivity index (χ0) is 17.4. The largest absolute Gasteiger partial charge is 0.463 e. The highest BCUT2D eigenvalue weighted by Gasteiger charge is 2.06. The van der Waals surface area contributed by atoms with Gasteiger partial charge in [0, 0.05) is 31.2 Å². The Kier molecular flexibility index (Phi) is 6.62. The molecular formula is C17H19N3O3S. The van der Waals surface area contributed by atoms with Crippen LogP contribution in [-0.2, 0) is 21.4 Å². The minimum absolute atomic E-state index is 0.0992. The number of hydrogen-bond acceptors (Lipinski definition) is 5. The van der Waals surface area contributed by atoms with Crippen molar-refractivity contribution in [1.82, 2.24) is 9.55 Å². The third-order valence-electron chi connectivity index (χ3n) is 3.00. The molecule has 0 aliphatic rings. The summed E-state index contributed by atoms with van der Waals surface area (Å²) in [7, 11) is 1.88. The lowest BCUT2D eigenvalue weighted by molar-refractivity contribution is -0.137. The normalized spacial score (nSPS) is 10.8. The number of carbonyl (C=O) groups is 2. The molecule has 0 saturated carbocycles. The van der Waals surface area contributed by atoms with E-state index in [0.29, 0.717) is 12.3 Å². The molecule has 126 valence electrons. The summed E-state index contributed by atoms with van der Waals surface area (Å²) in [5.41, 5.74) is 1.55. The Labute approximate surface area is 144 Å². The maximum Gasteiger partial charge on any atom is 0.330 e. The predicted molar refractivity (Wildman–Crippen MR) is 94.7 cm³/mol. The summed E-state index contributed by atoms with van der Waals surface area (Å²) >= 11 is 1.38. The molecule has 0 fully saturated rings. The molecule has 0 spiro atoms. The molecule has 6 nitrogen and oxygen atoms in total. The molecule has 1 N–H and O–H groups in total. The van der Waals surface area contributed by atoms with Crippen LogP contribution in [0.4, 0.5) is 5.69 Å². The molecule has 0 atom stereocenters. The Morgan fingerprint density at radius 1 is 1.33 bits per heavy atom. The first kappa shape index (κ1) is 17.8. The van der Waals surface area contributed by atoms with Crippen molar-refractivity contribution in [2.75, 3.05) is 17.7 Å². The number of nitrogens with zero attached hydrogens (tertiary/aromatic N) is 2. The standard InChI is InChI=1S/C17H19N3O3S/c1-3-23-16(22)9-6-13-4-7-14(8-5-13)19-15(21)12-24-17-18-10-11-20(17)2/h4-11H,3,12H2,1-2H3,(H,19,21)/b9-6+. The Bertz CT molecular complexity index is 723. The van der Waals surface area contributed by atoms with E-state index in [0.717, 1.165) is 10.7 Å². The summed E-state index contributed by atoms with van der Waals surface area (Å²) < 4.78 is 6.68. The molecule has 1 aromatic heterocycles. The number of nitrogens with one attached hydrogen (secondary N) is 1. The monoisotopic (exact) mass is 345 g/mol. The molecule has 2 rings (SSSR count). The summed E-state index contributed by atoms with van der Waals surface area (Å²) in [4.78, 5) is 27.3. The van der Waals surface area contributed by atoms with Gasteiger partial charge < -0.3 is 14.6 Å². The van der Waals surface area contributed by atoms with Crippen LogP contribution in [0.2, 0.25) is 0 Å². The lowest BCUT2D eigenvalue weighted by Gasteiger charge is -2.05. The predicted octanol–water partition coefficient (Wildman–Crippen LogP) is 2.73. The molecule has 1 amide bonds. The highest BCUT2D eigenvalue weighted by molar-refractivity contribution is 7.99. The number of rotatable bonds is 7. The molecule has 0 aliphatic carbocycles. The number of aromatic nitrogens is 2. The fourth-order valence-corrected chi connectivity index (χ4v) is 2.58. The minimum atomic E-state index is -0.374. The molecule has 2 aromatic rings. The number of amides is 1. The van der Waals surface area contributed by atoms with Gasteiger partial charge in [-0.05, 0) is 30.7 Å². The first-order valence-corrected chi connectivity index (χ1v) is 8.42. The van der Waals surface area contributed by atoms with Crippen LogP contribution in [-0.4, -0.2) is 33.8 Å². The topological polar surface area (TPSA) is 73.2 Å². The fraction of sp³-hybridized carbons (Fsp3) is 0.235. The minimum Gasteiger partial charge on any atom is -0.463 e. The zero-order valence-electron chi connectivity index (χ0n) is 13.6. The van der Waals surface area contributed by atoms with Crippen molar-refractivity contribution >= 4 is 35.4 Å². The zero-order valence-corrected chi connectivity index (χ0v) is 14.4. The van der Waals surface area contributed by atoms with Crippen molar-refractivity contribution in [3.05, 3.63) is 48.3 Å². The van der Waals surface area contributed by atoms with E-state index in [2.05, 4.69) is 10.3 Å².